The minimum atomic E-state index is -3.60. The van der Waals surface area contributed by atoms with Gasteiger partial charge in [0.15, 0.2) is 0 Å². The second-order valence-electron chi connectivity index (χ2n) is 9.37. The first-order valence-electron chi connectivity index (χ1n) is 11.3. The average Bonchev–Trinajstić information content (AvgIpc) is 3.52. The summed E-state index contributed by atoms with van der Waals surface area (Å²) < 4.78 is 45.4. The van der Waals surface area contributed by atoms with Crippen LogP contribution in [0.15, 0.2) is 54.6 Å². The molecule has 0 bridgehead atoms. The molecule has 1 saturated carbocycles. The number of hydrogen-bond donors (Lipinski definition) is 2. The van der Waals surface area contributed by atoms with Gasteiger partial charge >= 0.3 is 0 Å². The summed E-state index contributed by atoms with van der Waals surface area (Å²) in [6, 6.07) is 16.5. The molecule has 1 aliphatic rings. The van der Waals surface area contributed by atoms with E-state index in [1.54, 1.807) is 12.1 Å². The molecule has 4 rings (SSSR count). The van der Waals surface area contributed by atoms with Gasteiger partial charge in [0.1, 0.15) is 5.82 Å². The number of aryl methyl sites for hydroxylation is 3. The van der Waals surface area contributed by atoms with Gasteiger partial charge in [-0.25, -0.2) is 9.11 Å². The Hall–Kier alpha value is -2.55. The van der Waals surface area contributed by atoms with E-state index in [2.05, 4.69) is 20.6 Å². The smallest absolute Gasteiger partial charge is 0.268 e. The van der Waals surface area contributed by atoms with E-state index in [9.17, 15) is 12.8 Å². The fourth-order valence-corrected chi connectivity index (χ4v) is 5.21. The summed E-state index contributed by atoms with van der Waals surface area (Å²) in [5.74, 6) is 0.234. The molecule has 0 saturated heterocycles. The zero-order valence-corrected chi connectivity index (χ0v) is 20.1. The summed E-state index contributed by atoms with van der Waals surface area (Å²) in [5, 5.41) is 4.64. The van der Waals surface area contributed by atoms with Gasteiger partial charge in [-0.2, -0.15) is 18.2 Å². The van der Waals surface area contributed by atoms with Crippen LogP contribution in [0.3, 0.4) is 0 Å². The Morgan fingerprint density at radius 2 is 1.82 bits per heavy atom. The Labute approximate surface area is 195 Å². The summed E-state index contributed by atoms with van der Waals surface area (Å²) in [5.41, 5.74) is 4.02. The van der Waals surface area contributed by atoms with Gasteiger partial charge < -0.3 is 0 Å². The predicted octanol–water partition coefficient (Wildman–Crippen LogP) is 4.08. The van der Waals surface area contributed by atoms with Crippen molar-refractivity contribution in [2.45, 2.75) is 45.1 Å². The fourth-order valence-electron chi connectivity index (χ4n) is 3.89. The van der Waals surface area contributed by atoms with Crippen molar-refractivity contribution >= 4 is 10.2 Å². The van der Waals surface area contributed by atoms with Crippen molar-refractivity contribution in [3.63, 3.8) is 0 Å². The first-order valence-corrected chi connectivity index (χ1v) is 12.8. The lowest BCUT2D eigenvalue weighted by molar-refractivity contribution is 0.464. The maximum Gasteiger partial charge on any atom is 0.277 e. The van der Waals surface area contributed by atoms with E-state index in [1.807, 2.05) is 49.8 Å². The number of nitrogens with zero attached hydrogens (tertiary/aromatic N) is 2. The summed E-state index contributed by atoms with van der Waals surface area (Å²) in [6.07, 6.45) is 3.70. The second kappa shape index (κ2) is 9.37. The van der Waals surface area contributed by atoms with E-state index >= 15 is 0 Å². The van der Waals surface area contributed by atoms with Gasteiger partial charge in [0.05, 0.1) is 16.9 Å². The predicted molar refractivity (Wildman–Crippen MR) is 128 cm³/mol. The van der Waals surface area contributed by atoms with Crippen molar-refractivity contribution in [3.8, 4) is 11.3 Å². The zero-order chi connectivity index (χ0) is 23.6. The topological polar surface area (TPSA) is 76.0 Å². The highest BCUT2D eigenvalue weighted by Gasteiger charge is 2.29. The summed E-state index contributed by atoms with van der Waals surface area (Å²) in [6.45, 7) is 4.21. The molecule has 6 nitrogen and oxygen atoms in total. The minimum absolute atomic E-state index is 0.234. The molecule has 8 heteroatoms. The molecule has 0 radical (unpaired) electrons. The molecule has 33 heavy (non-hydrogen) atoms. The fraction of sp³-hybridized carbons (Fsp3) is 0.400. The van der Waals surface area contributed by atoms with Gasteiger partial charge in [-0.1, -0.05) is 30.3 Å². The second-order valence-corrected chi connectivity index (χ2v) is 10.9. The largest absolute Gasteiger partial charge is 0.277 e. The van der Waals surface area contributed by atoms with Crippen LogP contribution in [-0.4, -0.2) is 24.7 Å². The van der Waals surface area contributed by atoms with Crippen LogP contribution in [0.25, 0.3) is 11.3 Å². The van der Waals surface area contributed by atoms with Crippen molar-refractivity contribution < 1.29 is 12.8 Å². The number of aromatic nitrogens is 2. The third-order valence-electron chi connectivity index (χ3n) is 6.04. The van der Waals surface area contributed by atoms with Crippen LogP contribution in [0.2, 0.25) is 0 Å². The Bertz CT molecular complexity index is 1220. The van der Waals surface area contributed by atoms with Gasteiger partial charge in [-0.15, -0.1) is 0 Å². The van der Waals surface area contributed by atoms with Crippen molar-refractivity contribution in [2.75, 3.05) is 6.54 Å². The Morgan fingerprint density at radius 3 is 2.52 bits per heavy atom. The van der Waals surface area contributed by atoms with E-state index in [1.165, 1.54) is 12.1 Å². The molecule has 1 heterocycles. The molecule has 0 spiro atoms. The Kier molecular flexibility index (Phi) is 6.70. The first-order chi connectivity index (χ1) is 15.6. The van der Waals surface area contributed by atoms with Crippen LogP contribution in [0.5, 0.6) is 0 Å². The molecule has 2 N–H and O–H groups in total. The van der Waals surface area contributed by atoms with Crippen LogP contribution >= 0.6 is 0 Å². The number of benzene rings is 2. The number of nitrogens with one attached hydrogen (secondary N) is 2. The molecule has 0 aliphatic heterocycles. The van der Waals surface area contributed by atoms with Crippen molar-refractivity contribution in [3.05, 3.63) is 77.2 Å². The molecule has 0 amide bonds. The lowest BCUT2D eigenvalue weighted by Gasteiger charge is -2.27. The van der Waals surface area contributed by atoms with E-state index in [0.717, 1.165) is 53.8 Å². The summed E-state index contributed by atoms with van der Waals surface area (Å²) in [4.78, 5) is 0. The van der Waals surface area contributed by atoms with Crippen LogP contribution < -0.4 is 9.44 Å². The standard InChI is InChI=1S/C25H31FN4O2S/c1-25(2,29-33(31,32)27-17-19-7-8-19)21-6-4-5-20(15-21)24-16-23(28-30(24)3)14-11-18-9-12-22(26)13-10-18/h4-6,9-10,12-13,15-16,19,27,29H,7-8,11,14,17H2,1-3H3. The summed E-state index contributed by atoms with van der Waals surface area (Å²) in [7, 11) is -1.70. The number of halogens is 1. The van der Waals surface area contributed by atoms with Gasteiger partial charge in [0.2, 0.25) is 0 Å². The van der Waals surface area contributed by atoms with Crippen LogP contribution in [0.4, 0.5) is 4.39 Å². The van der Waals surface area contributed by atoms with Crippen molar-refractivity contribution in [1.29, 1.82) is 0 Å². The normalized spacial score (nSPS) is 14.5. The average molecular weight is 471 g/mol. The molecule has 1 aromatic heterocycles. The third-order valence-corrected chi connectivity index (χ3v) is 7.37. The molecule has 0 atom stereocenters. The molecule has 176 valence electrons. The quantitative estimate of drug-likeness (QED) is 0.469. The molecule has 1 aliphatic carbocycles. The lowest BCUT2D eigenvalue weighted by atomic mass is 9.93. The van der Waals surface area contributed by atoms with Crippen molar-refractivity contribution in [1.82, 2.24) is 19.2 Å². The van der Waals surface area contributed by atoms with E-state index in [4.69, 9.17) is 0 Å². The minimum Gasteiger partial charge on any atom is -0.268 e. The van der Waals surface area contributed by atoms with Crippen LogP contribution in [-0.2, 0) is 35.6 Å². The van der Waals surface area contributed by atoms with Gasteiger partial charge in [0.25, 0.3) is 10.2 Å². The van der Waals surface area contributed by atoms with Gasteiger partial charge in [-0.3, -0.25) is 4.68 Å². The van der Waals surface area contributed by atoms with Gasteiger partial charge in [0, 0.05) is 19.2 Å². The van der Waals surface area contributed by atoms with E-state index in [-0.39, 0.29) is 5.82 Å². The molecule has 0 unspecified atom stereocenters. The van der Waals surface area contributed by atoms with E-state index < -0.39 is 15.7 Å². The third kappa shape index (κ3) is 6.28. The Morgan fingerprint density at radius 1 is 1.09 bits per heavy atom. The van der Waals surface area contributed by atoms with Gasteiger partial charge in [-0.05, 0) is 80.8 Å². The van der Waals surface area contributed by atoms with E-state index in [0.29, 0.717) is 12.5 Å². The maximum absolute atomic E-state index is 13.1. The number of hydrogen-bond acceptors (Lipinski definition) is 3. The molecular weight excluding hydrogens is 439 g/mol. The molecular formula is C25H31FN4O2S. The highest BCUT2D eigenvalue weighted by Crippen LogP contribution is 2.29. The van der Waals surface area contributed by atoms with Crippen LogP contribution in [0, 0.1) is 11.7 Å². The maximum atomic E-state index is 13.1. The van der Waals surface area contributed by atoms with Crippen LogP contribution in [0.1, 0.15) is 43.5 Å². The highest BCUT2D eigenvalue weighted by atomic mass is 32.2. The monoisotopic (exact) mass is 470 g/mol. The molecule has 1 fully saturated rings. The molecule has 3 aromatic rings. The molecule has 2 aromatic carbocycles. The lowest BCUT2D eigenvalue weighted by Crippen LogP contribution is -2.47. The Balaban J connectivity index is 1.48. The highest BCUT2D eigenvalue weighted by molar-refractivity contribution is 7.87. The number of rotatable bonds is 10. The van der Waals surface area contributed by atoms with Crippen molar-refractivity contribution in [2.24, 2.45) is 13.0 Å². The summed E-state index contributed by atoms with van der Waals surface area (Å²) >= 11 is 0. The zero-order valence-electron chi connectivity index (χ0n) is 19.3. The SMILES string of the molecule is Cn1nc(CCc2ccc(F)cc2)cc1-c1cccc(C(C)(C)NS(=O)(=O)NCC2CC2)c1. The first kappa shape index (κ1) is 23.6.